The number of carbonyl (C=O) groups is 1. The van der Waals surface area contributed by atoms with Crippen LogP contribution in [-0.4, -0.2) is 33.6 Å². The lowest BCUT2D eigenvalue weighted by Gasteiger charge is -2.23. The zero-order valence-electron chi connectivity index (χ0n) is 17.6. The molecule has 3 N–H and O–H groups in total. The number of hydrogen-bond donors (Lipinski definition) is 3. The molecule has 0 aromatic heterocycles. The van der Waals surface area contributed by atoms with E-state index in [-0.39, 0.29) is 23.6 Å². The highest BCUT2D eigenvalue weighted by Crippen LogP contribution is 2.44. The highest BCUT2D eigenvalue weighted by Gasteiger charge is 2.46. The minimum Gasteiger partial charge on any atom is -0.449 e. The van der Waals surface area contributed by atoms with Gasteiger partial charge >= 0.3 is 6.16 Å². The van der Waals surface area contributed by atoms with Gasteiger partial charge in [-0.3, -0.25) is 0 Å². The lowest BCUT2D eigenvalue weighted by molar-refractivity contribution is 0.144. The molecule has 0 amide bonds. The van der Waals surface area contributed by atoms with Crippen LogP contribution < -0.4 is 4.74 Å². The second-order valence-corrected chi connectivity index (χ2v) is 8.21. The van der Waals surface area contributed by atoms with E-state index >= 15 is 0 Å². The topological polar surface area (TPSA) is 91.4 Å². The molecule has 2 aromatic carbocycles. The Morgan fingerprint density at radius 3 is 2.65 bits per heavy atom. The fourth-order valence-electron chi connectivity index (χ4n) is 4.66. The Balaban J connectivity index is 1.76. The molecule has 0 spiro atoms. The first kappa shape index (κ1) is 22.8. The number of rotatable bonds is 8. The summed E-state index contributed by atoms with van der Waals surface area (Å²) in [6, 6.07) is 14.4. The van der Waals surface area contributed by atoms with Crippen LogP contribution in [0.25, 0.3) is 4.85 Å². The van der Waals surface area contributed by atoms with Crippen molar-refractivity contribution in [2.24, 2.45) is 5.92 Å². The summed E-state index contributed by atoms with van der Waals surface area (Å²) >= 11 is 0. The van der Waals surface area contributed by atoms with Crippen molar-refractivity contribution in [2.75, 3.05) is 0 Å². The monoisotopic (exact) mass is 423 g/mol. The van der Waals surface area contributed by atoms with Crippen molar-refractivity contribution in [1.82, 2.24) is 0 Å². The number of hydrogen-bond acceptors (Lipinski definition) is 4. The van der Waals surface area contributed by atoms with Crippen molar-refractivity contribution in [3.8, 4) is 5.75 Å². The molecule has 0 radical (unpaired) electrons. The minimum absolute atomic E-state index is 0.0111. The molecule has 0 heterocycles. The molecule has 31 heavy (non-hydrogen) atoms. The number of aryl methyl sites for hydroxylation is 1. The van der Waals surface area contributed by atoms with E-state index in [1.807, 2.05) is 37.3 Å². The third-order valence-electron chi connectivity index (χ3n) is 6.16. The third-order valence-corrected chi connectivity index (χ3v) is 6.16. The van der Waals surface area contributed by atoms with E-state index in [1.54, 1.807) is 18.2 Å². The third kappa shape index (κ3) is 5.63. The van der Waals surface area contributed by atoms with Crippen molar-refractivity contribution in [1.29, 1.82) is 0 Å². The highest BCUT2D eigenvalue weighted by molar-refractivity contribution is 5.61. The predicted octanol–water partition coefficient (Wildman–Crippen LogP) is 4.96. The molecular formula is C25H29NO5. The molecule has 1 aliphatic carbocycles. The number of carboxylic acid groups (broad SMARTS) is 1. The Hall–Kier alpha value is -2.88. The lowest BCUT2D eigenvalue weighted by atomic mass is 9.82. The number of ether oxygens (including phenoxy) is 1. The van der Waals surface area contributed by atoms with E-state index in [9.17, 15) is 15.0 Å². The number of benzene rings is 2. The Kier molecular flexibility index (Phi) is 7.67. The standard InChI is InChI=1S/C25H29NO5/c1-3-5-22(27)17-9-11-18(12-10-17)24-20(21(26-2)15-23(24)28)13-8-16-6-4-7-19(14-16)31-25(29)30/h4,6-7,9-12,14,20-24,27-28H,3,5,8,13,15H2,1H3,(H,29,30)/t20?,21-,22?,23-,24?/m1/s1. The molecule has 3 unspecified atom stereocenters. The first-order chi connectivity index (χ1) is 14.9. The van der Waals surface area contributed by atoms with Gasteiger partial charge < -0.3 is 24.9 Å². The van der Waals surface area contributed by atoms with Gasteiger partial charge in [0.15, 0.2) is 0 Å². The van der Waals surface area contributed by atoms with Crippen LogP contribution in [0.2, 0.25) is 0 Å². The summed E-state index contributed by atoms with van der Waals surface area (Å²) < 4.78 is 4.73. The van der Waals surface area contributed by atoms with E-state index in [1.165, 1.54) is 0 Å². The fourth-order valence-corrected chi connectivity index (χ4v) is 4.66. The van der Waals surface area contributed by atoms with Crippen molar-refractivity contribution in [3.05, 3.63) is 76.6 Å². The quantitative estimate of drug-likeness (QED) is 0.317. The Labute approximate surface area is 182 Å². The van der Waals surface area contributed by atoms with Gasteiger partial charge in [-0.15, -0.1) is 0 Å². The molecule has 6 heteroatoms. The largest absolute Gasteiger partial charge is 0.511 e. The van der Waals surface area contributed by atoms with Gasteiger partial charge in [0.1, 0.15) is 5.75 Å². The van der Waals surface area contributed by atoms with Gasteiger partial charge in [-0.1, -0.05) is 49.7 Å². The lowest BCUT2D eigenvalue weighted by Crippen LogP contribution is -2.20. The molecule has 1 fully saturated rings. The van der Waals surface area contributed by atoms with Crippen molar-refractivity contribution in [3.63, 3.8) is 0 Å². The molecule has 0 bridgehead atoms. The summed E-state index contributed by atoms with van der Waals surface area (Å²) in [4.78, 5) is 14.6. The Morgan fingerprint density at radius 1 is 1.26 bits per heavy atom. The maximum absolute atomic E-state index is 10.8. The van der Waals surface area contributed by atoms with Crippen LogP contribution in [0.1, 0.15) is 61.3 Å². The molecule has 6 nitrogen and oxygen atoms in total. The smallest absolute Gasteiger partial charge is 0.449 e. The number of aliphatic hydroxyl groups excluding tert-OH is 2. The van der Waals surface area contributed by atoms with Gasteiger partial charge in [0.25, 0.3) is 0 Å². The Bertz CT molecular complexity index is 920. The maximum atomic E-state index is 10.8. The van der Waals surface area contributed by atoms with E-state index in [0.717, 1.165) is 23.1 Å². The summed E-state index contributed by atoms with van der Waals surface area (Å²) in [5, 5.41) is 29.8. The zero-order valence-corrected chi connectivity index (χ0v) is 17.6. The van der Waals surface area contributed by atoms with Gasteiger partial charge in [0.2, 0.25) is 6.04 Å². The molecule has 3 rings (SSSR count). The summed E-state index contributed by atoms with van der Waals surface area (Å²) in [5.41, 5.74) is 2.78. The van der Waals surface area contributed by atoms with Crippen LogP contribution >= 0.6 is 0 Å². The summed E-state index contributed by atoms with van der Waals surface area (Å²) in [6.07, 6.45) is 0.987. The first-order valence-electron chi connectivity index (χ1n) is 10.7. The van der Waals surface area contributed by atoms with Crippen molar-refractivity contribution >= 4 is 6.16 Å². The normalized spacial score (nSPS) is 23.8. The summed E-state index contributed by atoms with van der Waals surface area (Å²) in [7, 11) is 0. The highest BCUT2D eigenvalue weighted by atomic mass is 16.7. The van der Waals surface area contributed by atoms with Gasteiger partial charge in [0.05, 0.1) is 12.2 Å². The second-order valence-electron chi connectivity index (χ2n) is 8.21. The predicted molar refractivity (Wildman–Crippen MR) is 117 cm³/mol. The molecule has 1 aliphatic rings. The molecular weight excluding hydrogens is 394 g/mol. The molecule has 0 aliphatic heterocycles. The number of nitrogens with zero attached hydrogens (tertiary/aromatic N) is 1. The molecule has 2 aromatic rings. The average Bonchev–Trinajstić information content (AvgIpc) is 3.07. The van der Waals surface area contributed by atoms with Gasteiger partial charge in [0, 0.05) is 18.3 Å². The van der Waals surface area contributed by atoms with Crippen LogP contribution in [0.3, 0.4) is 0 Å². The molecule has 0 saturated heterocycles. The summed E-state index contributed by atoms with van der Waals surface area (Å²) in [6.45, 7) is 9.63. The van der Waals surface area contributed by atoms with E-state index in [0.29, 0.717) is 25.7 Å². The van der Waals surface area contributed by atoms with Crippen LogP contribution in [0.4, 0.5) is 4.79 Å². The second kappa shape index (κ2) is 10.4. The first-order valence-corrected chi connectivity index (χ1v) is 10.7. The van der Waals surface area contributed by atoms with Gasteiger partial charge in [-0.2, -0.15) is 0 Å². The summed E-state index contributed by atoms with van der Waals surface area (Å²) in [5.74, 6) is 0.119. The van der Waals surface area contributed by atoms with Crippen LogP contribution in [0, 0.1) is 12.5 Å². The van der Waals surface area contributed by atoms with Crippen LogP contribution in [-0.2, 0) is 6.42 Å². The SMILES string of the molecule is [C-]#[N+][C@@H]1C[C@@H](O)C(c2ccc(C(O)CCC)cc2)C1CCc1cccc(OC(=O)O)c1. The fraction of sp³-hybridized carbons (Fsp3) is 0.440. The van der Waals surface area contributed by atoms with Crippen LogP contribution in [0.5, 0.6) is 5.75 Å². The molecule has 1 saturated carbocycles. The van der Waals surface area contributed by atoms with E-state index < -0.39 is 18.4 Å². The minimum atomic E-state index is -1.35. The van der Waals surface area contributed by atoms with E-state index in [2.05, 4.69) is 4.85 Å². The number of aliphatic hydroxyl groups is 2. The Morgan fingerprint density at radius 2 is 2.00 bits per heavy atom. The molecule has 164 valence electrons. The van der Waals surface area contributed by atoms with Crippen LogP contribution in [0.15, 0.2) is 48.5 Å². The van der Waals surface area contributed by atoms with Gasteiger partial charge in [-0.05, 0) is 48.1 Å². The average molecular weight is 424 g/mol. The molecule has 5 atom stereocenters. The van der Waals surface area contributed by atoms with Crippen molar-refractivity contribution in [2.45, 2.75) is 63.2 Å². The maximum Gasteiger partial charge on any atom is 0.511 e. The zero-order chi connectivity index (χ0) is 22.4. The van der Waals surface area contributed by atoms with E-state index in [4.69, 9.17) is 16.4 Å². The van der Waals surface area contributed by atoms with Crippen molar-refractivity contribution < 1.29 is 24.9 Å². The van der Waals surface area contributed by atoms with Gasteiger partial charge in [-0.25, -0.2) is 11.4 Å².